The zero-order chi connectivity index (χ0) is 12.5. The van der Waals surface area contributed by atoms with Crippen molar-refractivity contribution < 1.29 is 9.90 Å². The van der Waals surface area contributed by atoms with Crippen molar-refractivity contribution in [3.63, 3.8) is 0 Å². The summed E-state index contributed by atoms with van der Waals surface area (Å²) >= 11 is 0. The van der Waals surface area contributed by atoms with Gasteiger partial charge in [0.05, 0.1) is 12.6 Å². The van der Waals surface area contributed by atoms with E-state index in [2.05, 4.69) is 4.90 Å². The van der Waals surface area contributed by atoms with Crippen molar-refractivity contribution in [2.75, 3.05) is 19.6 Å². The van der Waals surface area contributed by atoms with Crippen molar-refractivity contribution in [1.82, 2.24) is 4.90 Å². The van der Waals surface area contributed by atoms with Crippen LogP contribution in [0.2, 0.25) is 0 Å². The lowest BCUT2D eigenvalue weighted by molar-refractivity contribution is 0.0935. The maximum absolute atomic E-state index is 12.1. The number of fused-ring (bicyclic) bond motifs is 1. The third kappa shape index (κ3) is 2.33. The average molecular weight is 245 g/mol. The lowest BCUT2D eigenvalue weighted by Gasteiger charge is -2.16. The Labute approximate surface area is 107 Å². The molecule has 3 nitrogen and oxygen atoms in total. The van der Waals surface area contributed by atoms with E-state index in [0.717, 1.165) is 31.5 Å². The summed E-state index contributed by atoms with van der Waals surface area (Å²) in [7, 11) is 0. The molecule has 1 N–H and O–H groups in total. The molecule has 3 atom stereocenters. The maximum atomic E-state index is 12.1. The van der Waals surface area contributed by atoms with E-state index >= 15 is 0 Å². The second-order valence-corrected chi connectivity index (χ2v) is 5.63. The van der Waals surface area contributed by atoms with Crippen molar-refractivity contribution in [3.8, 4) is 0 Å². The molecule has 3 heteroatoms. The first-order valence-corrected chi connectivity index (χ1v) is 6.71. The normalized spacial score (nSPS) is 31.5. The topological polar surface area (TPSA) is 40.5 Å². The van der Waals surface area contributed by atoms with Gasteiger partial charge in [0.2, 0.25) is 0 Å². The Morgan fingerprint density at radius 2 is 1.78 bits per heavy atom. The smallest absolute Gasteiger partial charge is 0.176 e. The average Bonchev–Trinajstić information content (AvgIpc) is 2.86. The lowest BCUT2D eigenvalue weighted by Crippen LogP contribution is -2.29. The van der Waals surface area contributed by atoms with E-state index in [-0.39, 0.29) is 11.9 Å². The van der Waals surface area contributed by atoms with Crippen LogP contribution in [0, 0.1) is 11.8 Å². The first-order chi connectivity index (χ1) is 8.72. The Hall–Kier alpha value is -1.19. The van der Waals surface area contributed by atoms with E-state index in [1.54, 1.807) is 0 Å². The van der Waals surface area contributed by atoms with Crippen molar-refractivity contribution in [1.29, 1.82) is 0 Å². The molecule has 0 amide bonds. The number of Topliss-reactive ketones (excluding diaryl/α,β-unsaturated/α-hetero) is 1. The summed E-state index contributed by atoms with van der Waals surface area (Å²) in [5.74, 6) is 1.41. The number of hydrogen-bond acceptors (Lipinski definition) is 3. The van der Waals surface area contributed by atoms with Gasteiger partial charge in [-0.05, 0) is 24.7 Å². The molecule has 0 bridgehead atoms. The van der Waals surface area contributed by atoms with Gasteiger partial charge in [-0.1, -0.05) is 30.3 Å². The highest BCUT2D eigenvalue weighted by molar-refractivity contribution is 5.97. The molecule has 1 aliphatic carbocycles. The quantitative estimate of drug-likeness (QED) is 0.822. The van der Waals surface area contributed by atoms with E-state index in [4.69, 9.17) is 0 Å². The number of aliphatic hydroxyl groups excluding tert-OH is 1. The standard InChI is InChI=1S/C15H19NO2/c17-14-6-12-8-16(9-13(12)7-14)10-15(18)11-4-2-1-3-5-11/h1-5,12-14,17H,6-10H2/t12-,13+,14-. The zero-order valence-corrected chi connectivity index (χ0v) is 10.5. The number of aliphatic hydroxyl groups is 1. The molecule has 0 radical (unpaired) electrons. The number of nitrogens with zero attached hydrogens (tertiary/aromatic N) is 1. The highest BCUT2D eigenvalue weighted by Crippen LogP contribution is 2.37. The second-order valence-electron chi connectivity index (χ2n) is 5.63. The first-order valence-electron chi connectivity index (χ1n) is 6.71. The molecule has 1 heterocycles. The molecule has 1 saturated carbocycles. The van der Waals surface area contributed by atoms with E-state index in [0.29, 0.717) is 18.4 Å². The number of rotatable bonds is 3. The molecule has 0 aromatic heterocycles. The van der Waals surface area contributed by atoms with Gasteiger partial charge in [-0.15, -0.1) is 0 Å². The highest BCUT2D eigenvalue weighted by Gasteiger charge is 2.40. The summed E-state index contributed by atoms with van der Waals surface area (Å²) in [6.45, 7) is 2.47. The number of ketones is 1. The fourth-order valence-corrected chi connectivity index (χ4v) is 3.41. The molecule has 1 saturated heterocycles. The van der Waals surface area contributed by atoms with Crippen molar-refractivity contribution in [3.05, 3.63) is 35.9 Å². The minimum atomic E-state index is -0.105. The maximum Gasteiger partial charge on any atom is 0.176 e. The van der Waals surface area contributed by atoms with Gasteiger partial charge in [0, 0.05) is 18.7 Å². The van der Waals surface area contributed by atoms with Crippen LogP contribution in [0.3, 0.4) is 0 Å². The summed E-state index contributed by atoms with van der Waals surface area (Å²) in [4.78, 5) is 14.3. The minimum Gasteiger partial charge on any atom is -0.393 e. The van der Waals surface area contributed by atoms with Gasteiger partial charge in [-0.25, -0.2) is 0 Å². The molecule has 2 aliphatic rings. The second kappa shape index (κ2) is 4.82. The fraction of sp³-hybridized carbons (Fsp3) is 0.533. The Balaban J connectivity index is 1.58. The molecule has 0 unspecified atom stereocenters. The van der Waals surface area contributed by atoms with Gasteiger partial charge >= 0.3 is 0 Å². The molecule has 3 rings (SSSR count). The van der Waals surface area contributed by atoms with E-state index in [9.17, 15) is 9.90 Å². The lowest BCUT2D eigenvalue weighted by atomic mass is 10.0. The first kappa shape index (κ1) is 11.9. The molecule has 0 spiro atoms. The molecule has 1 aliphatic heterocycles. The molecule has 1 aromatic rings. The zero-order valence-electron chi connectivity index (χ0n) is 10.5. The number of hydrogen-bond donors (Lipinski definition) is 1. The predicted octanol–water partition coefficient (Wildman–Crippen LogP) is 1.57. The van der Waals surface area contributed by atoms with Gasteiger partial charge in [0.25, 0.3) is 0 Å². The Kier molecular flexibility index (Phi) is 3.18. The van der Waals surface area contributed by atoms with Crippen LogP contribution in [-0.2, 0) is 0 Å². The highest BCUT2D eigenvalue weighted by atomic mass is 16.3. The minimum absolute atomic E-state index is 0.105. The van der Waals surface area contributed by atoms with Crippen molar-refractivity contribution >= 4 is 5.78 Å². The summed E-state index contributed by atoms with van der Waals surface area (Å²) in [5.41, 5.74) is 0.801. The molecule has 18 heavy (non-hydrogen) atoms. The van der Waals surface area contributed by atoms with Crippen LogP contribution in [0.4, 0.5) is 0 Å². The van der Waals surface area contributed by atoms with E-state index < -0.39 is 0 Å². The van der Waals surface area contributed by atoms with Crippen molar-refractivity contribution in [2.24, 2.45) is 11.8 Å². The Morgan fingerprint density at radius 1 is 1.17 bits per heavy atom. The van der Waals surface area contributed by atoms with Crippen LogP contribution >= 0.6 is 0 Å². The van der Waals surface area contributed by atoms with Gasteiger partial charge in [0.1, 0.15) is 0 Å². The molecular formula is C15H19NO2. The molecule has 1 aromatic carbocycles. The third-order valence-electron chi connectivity index (χ3n) is 4.26. The molecule has 96 valence electrons. The largest absolute Gasteiger partial charge is 0.393 e. The summed E-state index contributed by atoms with van der Waals surface area (Å²) < 4.78 is 0. The predicted molar refractivity (Wildman–Crippen MR) is 69.4 cm³/mol. The third-order valence-corrected chi connectivity index (χ3v) is 4.26. The summed E-state index contributed by atoms with van der Waals surface area (Å²) in [6.07, 6.45) is 1.73. The monoisotopic (exact) mass is 245 g/mol. The van der Waals surface area contributed by atoms with Crippen LogP contribution in [-0.4, -0.2) is 41.5 Å². The number of carbonyl (C=O) groups excluding carboxylic acids is 1. The molecular weight excluding hydrogens is 226 g/mol. The van der Waals surface area contributed by atoms with Crippen LogP contribution in [0.5, 0.6) is 0 Å². The number of benzene rings is 1. The van der Waals surface area contributed by atoms with Gasteiger partial charge in [-0.3, -0.25) is 9.69 Å². The summed E-state index contributed by atoms with van der Waals surface area (Å²) in [5, 5.41) is 9.60. The van der Waals surface area contributed by atoms with E-state index in [1.807, 2.05) is 30.3 Å². The number of carbonyl (C=O) groups is 1. The van der Waals surface area contributed by atoms with Crippen LogP contribution in [0.1, 0.15) is 23.2 Å². The SMILES string of the molecule is O=C(CN1C[C@H]2C[C@@H](O)C[C@H]2C1)c1ccccc1. The Morgan fingerprint density at radius 3 is 2.39 bits per heavy atom. The van der Waals surface area contributed by atoms with Gasteiger partial charge in [0.15, 0.2) is 5.78 Å². The van der Waals surface area contributed by atoms with Crippen molar-refractivity contribution in [2.45, 2.75) is 18.9 Å². The van der Waals surface area contributed by atoms with Crippen LogP contribution < -0.4 is 0 Å². The molecule has 2 fully saturated rings. The van der Waals surface area contributed by atoms with Gasteiger partial charge < -0.3 is 5.11 Å². The van der Waals surface area contributed by atoms with E-state index in [1.165, 1.54) is 0 Å². The Bertz CT molecular complexity index is 417. The number of likely N-dealkylation sites (tertiary alicyclic amines) is 1. The fourth-order valence-electron chi connectivity index (χ4n) is 3.41. The van der Waals surface area contributed by atoms with Crippen LogP contribution in [0.25, 0.3) is 0 Å². The van der Waals surface area contributed by atoms with Gasteiger partial charge in [-0.2, -0.15) is 0 Å². The van der Waals surface area contributed by atoms with Crippen LogP contribution in [0.15, 0.2) is 30.3 Å². The summed E-state index contributed by atoms with van der Waals surface area (Å²) in [6, 6.07) is 9.50.